The molecule has 2 N–H and O–H groups in total. The number of halogens is 6. The normalized spacial score (nSPS) is 17.1. The van der Waals surface area contributed by atoms with Crippen molar-refractivity contribution in [1.29, 1.82) is 0 Å². The Bertz CT molecular complexity index is 1250. The van der Waals surface area contributed by atoms with Crippen LogP contribution in [0, 0.1) is 18.7 Å². The van der Waals surface area contributed by atoms with Crippen LogP contribution < -0.4 is 10.6 Å². The molecule has 1 aromatic carbocycles. The fraction of sp³-hybridized carbons (Fsp3) is 0.538. The molecule has 0 bridgehead atoms. The van der Waals surface area contributed by atoms with Crippen LogP contribution >= 0.6 is 0 Å². The van der Waals surface area contributed by atoms with E-state index in [1.54, 1.807) is 0 Å². The zero-order valence-electron chi connectivity index (χ0n) is 22.4. The summed E-state index contributed by atoms with van der Waals surface area (Å²) in [6.07, 6.45) is -4.28. The van der Waals surface area contributed by atoms with Gasteiger partial charge >= 0.3 is 6.18 Å². The van der Waals surface area contributed by atoms with Gasteiger partial charge in [-0.2, -0.15) is 18.3 Å². The average Bonchev–Trinajstić information content (AvgIpc) is 3.28. The number of likely N-dealkylation sites (N-methyl/N-ethyl adjacent to an activating group) is 1. The maximum Gasteiger partial charge on any atom is 0.406 e. The Morgan fingerprint density at radius 3 is 2.38 bits per heavy atom. The van der Waals surface area contributed by atoms with Gasteiger partial charge in [0.1, 0.15) is 24.1 Å². The first-order valence-electron chi connectivity index (χ1n) is 12.6. The van der Waals surface area contributed by atoms with Gasteiger partial charge in [0, 0.05) is 33.1 Å². The van der Waals surface area contributed by atoms with Crippen LogP contribution in [0.25, 0.3) is 0 Å². The number of hydrogen-bond acceptors (Lipinski definition) is 4. The van der Waals surface area contributed by atoms with Crippen molar-refractivity contribution in [3.05, 3.63) is 47.0 Å². The molecule has 0 radical (unpaired) electrons. The molecule has 3 rings (SSSR count). The number of amides is 3. The third-order valence-electron chi connectivity index (χ3n) is 7.10. The molecule has 1 aromatic heterocycles. The second kappa shape index (κ2) is 11.9. The third-order valence-corrected chi connectivity index (χ3v) is 7.10. The summed E-state index contributed by atoms with van der Waals surface area (Å²) in [5.74, 6) is -7.97. The van der Waals surface area contributed by atoms with Gasteiger partial charge in [-0.3, -0.25) is 19.1 Å². The standard InChI is InChI=1S/C26H31F6N5O3/c1-14-11-19(18(27)12-17(14)15(2)24(40)36(3)13-26(30,31)32)34-23(39)21(16-5-8-25(28,29)9-6-16)35-22(38)20-7-10-33-37(20)4/h7,10-12,15-16,21H,5-6,8-9,13H2,1-4H3,(H,34,39)(H,35,38)/t15?,21-/m0/s1. The van der Waals surface area contributed by atoms with E-state index in [2.05, 4.69) is 15.7 Å². The first kappa shape index (κ1) is 31.0. The zero-order valence-corrected chi connectivity index (χ0v) is 22.4. The molecular formula is C26H31F6N5O3. The van der Waals surface area contributed by atoms with Crippen LogP contribution in [0.2, 0.25) is 0 Å². The van der Waals surface area contributed by atoms with Gasteiger partial charge in [-0.15, -0.1) is 0 Å². The minimum atomic E-state index is -4.60. The van der Waals surface area contributed by atoms with Crippen molar-refractivity contribution >= 4 is 23.4 Å². The van der Waals surface area contributed by atoms with Crippen molar-refractivity contribution in [2.45, 2.75) is 63.6 Å². The summed E-state index contributed by atoms with van der Waals surface area (Å²) in [6.45, 7) is 1.38. The molecule has 220 valence electrons. The fourth-order valence-electron chi connectivity index (χ4n) is 4.89. The van der Waals surface area contributed by atoms with Crippen molar-refractivity contribution in [3.63, 3.8) is 0 Å². The van der Waals surface area contributed by atoms with E-state index in [0.29, 0.717) is 10.5 Å². The second-order valence-electron chi connectivity index (χ2n) is 10.2. The predicted octanol–water partition coefficient (Wildman–Crippen LogP) is 4.55. The zero-order chi connectivity index (χ0) is 30.0. The van der Waals surface area contributed by atoms with Gasteiger partial charge in [0.15, 0.2) is 0 Å². The highest BCUT2D eigenvalue weighted by Gasteiger charge is 2.41. The van der Waals surface area contributed by atoms with Gasteiger partial charge < -0.3 is 15.5 Å². The number of aryl methyl sites for hydroxylation is 2. The number of alkyl halides is 5. The Balaban J connectivity index is 1.82. The van der Waals surface area contributed by atoms with Crippen LogP contribution in [0.15, 0.2) is 24.4 Å². The van der Waals surface area contributed by atoms with Crippen LogP contribution in [0.4, 0.5) is 32.0 Å². The molecule has 0 saturated heterocycles. The minimum Gasteiger partial charge on any atom is -0.339 e. The van der Waals surface area contributed by atoms with Crippen LogP contribution in [-0.4, -0.2) is 64.1 Å². The van der Waals surface area contributed by atoms with E-state index in [4.69, 9.17) is 0 Å². The monoisotopic (exact) mass is 575 g/mol. The Labute approximate surface area is 227 Å². The number of anilines is 1. The number of carbonyl (C=O) groups excluding carboxylic acids is 3. The lowest BCUT2D eigenvalue weighted by Gasteiger charge is -2.33. The van der Waals surface area contributed by atoms with E-state index in [1.807, 2.05) is 0 Å². The highest BCUT2D eigenvalue weighted by Crippen LogP contribution is 2.38. The van der Waals surface area contributed by atoms with Crippen molar-refractivity contribution in [2.75, 3.05) is 18.9 Å². The maximum atomic E-state index is 15.1. The minimum absolute atomic E-state index is 0.0533. The Hall–Kier alpha value is -3.58. The summed E-state index contributed by atoms with van der Waals surface area (Å²) in [7, 11) is 2.51. The number of aromatic nitrogens is 2. The molecule has 1 fully saturated rings. The molecule has 0 spiro atoms. The number of nitrogens with zero attached hydrogens (tertiary/aromatic N) is 3. The van der Waals surface area contributed by atoms with Gasteiger partial charge in [0.25, 0.3) is 5.91 Å². The average molecular weight is 576 g/mol. The summed E-state index contributed by atoms with van der Waals surface area (Å²) in [4.78, 5) is 39.2. The smallest absolute Gasteiger partial charge is 0.339 e. The van der Waals surface area contributed by atoms with Gasteiger partial charge in [-0.25, -0.2) is 13.2 Å². The molecule has 3 amide bonds. The molecule has 1 unspecified atom stereocenters. The Kier molecular flexibility index (Phi) is 9.20. The van der Waals surface area contributed by atoms with E-state index in [1.165, 1.54) is 43.9 Å². The topological polar surface area (TPSA) is 96.3 Å². The lowest BCUT2D eigenvalue weighted by molar-refractivity contribution is -0.159. The number of carbonyl (C=O) groups is 3. The summed E-state index contributed by atoms with van der Waals surface area (Å²) in [6, 6.07) is 2.33. The molecule has 1 saturated carbocycles. The number of nitrogens with one attached hydrogen (secondary N) is 2. The van der Waals surface area contributed by atoms with Gasteiger partial charge in [0.2, 0.25) is 17.7 Å². The summed E-state index contributed by atoms with van der Waals surface area (Å²) in [5.41, 5.74) is 0.283. The Morgan fingerprint density at radius 1 is 1.20 bits per heavy atom. The molecule has 2 atom stereocenters. The SMILES string of the molecule is Cc1cc(NC(=O)[C@@H](NC(=O)c2ccnn2C)C2CCC(F)(F)CC2)c(F)cc1C(C)C(=O)N(C)CC(F)(F)F. The maximum absolute atomic E-state index is 15.1. The molecule has 1 aliphatic rings. The van der Waals surface area contributed by atoms with Crippen molar-refractivity contribution in [1.82, 2.24) is 20.0 Å². The number of benzene rings is 1. The van der Waals surface area contributed by atoms with Gasteiger partial charge in [0.05, 0.1) is 11.6 Å². The van der Waals surface area contributed by atoms with Crippen molar-refractivity contribution < 1.29 is 40.7 Å². The number of hydrogen-bond donors (Lipinski definition) is 2. The van der Waals surface area contributed by atoms with Crippen LogP contribution in [0.1, 0.15) is 60.1 Å². The van der Waals surface area contributed by atoms with E-state index in [9.17, 15) is 36.3 Å². The summed E-state index contributed by atoms with van der Waals surface area (Å²) < 4.78 is 82.1. The highest BCUT2D eigenvalue weighted by atomic mass is 19.4. The van der Waals surface area contributed by atoms with Crippen molar-refractivity contribution in [2.24, 2.45) is 13.0 Å². The molecule has 1 heterocycles. The quantitative estimate of drug-likeness (QED) is 0.452. The predicted molar refractivity (Wildman–Crippen MR) is 133 cm³/mol. The summed E-state index contributed by atoms with van der Waals surface area (Å²) >= 11 is 0. The third kappa shape index (κ3) is 7.54. The largest absolute Gasteiger partial charge is 0.406 e. The molecule has 40 heavy (non-hydrogen) atoms. The molecule has 0 aliphatic heterocycles. The molecule has 2 aromatic rings. The molecule has 14 heteroatoms. The first-order valence-corrected chi connectivity index (χ1v) is 12.6. The van der Waals surface area contributed by atoms with Gasteiger partial charge in [-0.1, -0.05) is 0 Å². The second-order valence-corrected chi connectivity index (χ2v) is 10.2. The van der Waals surface area contributed by atoms with E-state index in [-0.39, 0.29) is 29.8 Å². The lowest BCUT2D eigenvalue weighted by atomic mass is 9.81. The van der Waals surface area contributed by atoms with E-state index in [0.717, 1.165) is 13.1 Å². The highest BCUT2D eigenvalue weighted by molar-refractivity contribution is 6.01. The fourth-order valence-corrected chi connectivity index (χ4v) is 4.89. The lowest BCUT2D eigenvalue weighted by Crippen LogP contribution is -2.50. The summed E-state index contributed by atoms with van der Waals surface area (Å²) in [5, 5.41) is 8.86. The van der Waals surface area contributed by atoms with Crippen LogP contribution in [-0.2, 0) is 16.6 Å². The van der Waals surface area contributed by atoms with E-state index < -0.39 is 72.9 Å². The molecule has 8 nitrogen and oxygen atoms in total. The first-order chi connectivity index (χ1) is 18.5. The van der Waals surface area contributed by atoms with Crippen molar-refractivity contribution in [3.8, 4) is 0 Å². The van der Waals surface area contributed by atoms with E-state index >= 15 is 4.39 Å². The number of rotatable bonds is 8. The molecule has 1 aliphatic carbocycles. The van der Waals surface area contributed by atoms with Crippen LogP contribution in [0.5, 0.6) is 0 Å². The van der Waals surface area contributed by atoms with Crippen LogP contribution in [0.3, 0.4) is 0 Å². The molecular weight excluding hydrogens is 544 g/mol. The Morgan fingerprint density at radius 2 is 1.82 bits per heavy atom. The van der Waals surface area contributed by atoms with Gasteiger partial charge in [-0.05, 0) is 61.9 Å².